The third-order valence-electron chi connectivity index (χ3n) is 6.34. The van der Waals surface area contributed by atoms with E-state index >= 15 is 4.39 Å². The Morgan fingerprint density at radius 3 is 2.66 bits per heavy atom. The van der Waals surface area contributed by atoms with Gasteiger partial charge in [-0.05, 0) is 60.6 Å². The van der Waals surface area contributed by atoms with Crippen LogP contribution in [-0.4, -0.2) is 58.7 Å². The van der Waals surface area contributed by atoms with Crippen LogP contribution in [0.3, 0.4) is 0 Å². The number of carbonyl (C=O) groups excluding carboxylic acids is 2. The number of halogens is 1. The molecular weight excluding hydrogens is 465 g/mol. The average Bonchev–Trinajstić information content (AvgIpc) is 3.18. The van der Waals surface area contributed by atoms with Gasteiger partial charge in [-0.3, -0.25) is 24.8 Å². The van der Waals surface area contributed by atoms with Crippen molar-refractivity contribution >= 4 is 45.6 Å². The molecule has 4 heterocycles. The van der Waals surface area contributed by atoms with Crippen molar-refractivity contribution in [1.82, 2.24) is 20.2 Å². The van der Waals surface area contributed by atoms with Crippen LogP contribution >= 0.6 is 11.8 Å². The molecule has 7 nitrogen and oxygen atoms in total. The molecule has 9 heteroatoms. The Kier molecular flexibility index (Phi) is 6.79. The summed E-state index contributed by atoms with van der Waals surface area (Å²) in [7, 11) is 0. The number of anilines is 1. The summed E-state index contributed by atoms with van der Waals surface area (Å²) in [6.45, 7) is 6.80. The van der Waals surface area contributed by atoms with E-state index in [2.05, 4.69) is 32.0 Å². The van der Waals surface area contributed by atoms with Crippen molar-refractivity contribution in [2.45, 2.75) is 19.8 Å². The summed E-state index contributed by atoms with van der Waals surface area (Å²) >= 11 is 0.847. The molecule has 0 saturated carbocycles. The Hall–Kier alpha value is -3.30. The van der Waals surface area contributed by atoms with Gasteiger partial charge in [0.1, 0.15) is 5.82 Å². The van der Waals surface area contributed by atoms with E-state index in [4.69, 9.17) is 0 Å². The highest BCUT2D eigenvalue weighted by molar-refractivity contribution is 8.18. The highest BCUT2D eigenvalue weighted by Crippen LogP contribution is 2.32. The Bertz CT molecular complexity index is 1320. The number of pyridine rings is 2. The quantitative estimate of drug-likeness (QED) is 0.502. The zero-order chi connectivity index (χ0) is 24.4. The van der Waals surface area contributed by atoms with Gasteiger partial charge in [0.15, 0.2) is 0 Å². The van der Waals surface area contributed by atoms with E-state index in [-0.39, 0.29) is 5.82 Å². The number of nitrogens with one attached hydrogen (secondary N) is 1. The van der Waals surface area contributed by atoms with E-state index in [1.54, 1.807) is 30.6 Å². The van der Waals surface area contributed by atoms with Gasteiger partial charge in [0, 0.05) is 49.5 Å². The first-order valence-electron chi connectivity index (χ1n) is 11.8. The van der Waals surface area contributed by atoms with Gasteiger partial charge >= 0.3 is 0 Å². The minimum atomic E-state index is -0.430. The number of unbranched alkanes of at least 4 members (excludes halogenated alkanes) is 1. The van der Waals surface area contributed by atoms with E-state index in [1.165, 1.54) is 12.8 Å². The number of imide groups is 1. The number of nitrogens with zero attached hydrogens (tertiary/aromatic N) is 4. The SMILES string of the molecule is CCCCN1CCN(c2ccc(-c3cncc4ccc(C=C5SC(=O)NC5=O)nc34)cc2F)CC1. The van der Waals surface area contributed by atoms with Crippen LogP contribution in [0, 0.1) is 5.82 Å². The van der Waals surface area contributed by atoms with Crippen molar-refractivity contribution in [2.24, 2.45) is 0 Å². The molecule has 0 aliphatic carbocycles. The Balaban J connectivity index is 1.41. The number of hydrogen-bond acceptors (Lipinski definition) is 7. The lowest BCUT2D eigenvalue weighted by atomic mass is 10.0. The fraction of sp³-hybridized carbons (Fsp3) is 0.308. The summed E-state index contributed by atoms with van der Waals surface area (Å²) in [5.41, 5.74) is 3.20. The van der Waals surface area contributed by atoms with Crippen molar-refractivity contribution in [3.63, 3.8) is 0 Å². The normalized spacial score (nSPS) is 18.0. The number of aromatic nitrogens is 2. The first-order valence-corrected chi connectivity index (χ1v) is 12.6. The summed E-state index contributed by atoms with van der Waals surface area (Å²) in [5.74, 6) is -0.696. The van der Waals surface area contributed by atoms with Gasteiger partial charge in [-0.15, -0.1) is 0 Å². The molecule has 35 heavy (non-hydrogen) atoms. The molecule has 5 rings (SSSR count). The number of amides is 2. The zero-order valence-corrected chi connectivity index (χ0v) is 20.3. The van der Waals surface area contributed by atoms with E-state index in [1.807, 2.05) is 18.2 Å². The number of hydrogen-bond donors (Lipinski definition) is 1. The summed E-state index contributed by atoms with van der Waals surface area (Å²) < 4.78 is 15.3. The van der Waals surface area contributed by atoms with Crippen molar-refractivity contribution in [3.05, 3.63) is 59.1 Å². The van der Waals surface area contributed by atoms with Crippen molar-refractivity contribution in [3.8, 4) is 11.1 Å². The molecule has 3 aromatic rings. The first-order chi connectivity index (χ1) is 17.0. The van der Waals surface area contributed by atoms with E-state index in [0.717, 1.165) is 49.9 Å². The zero-order valence-electron chi connectivity index (χ0n) is 19.5. The third-order valence-corrected chi connectivity index (χ3v) is 7.15. The van der Waals surface area contributed by atoms with Gasteiger partial charge in [-0.2, -0.15) is 0 Å². The number of rotatable bonds is 6. The maximum Gasteiger partial charge on any atom is 0.290 e. The number of thioether (sulfide) groups is 1. The predicted molar refractivity (Wildman–Crippen MR) is 138 cm³/mol. The predicted octanol–water partition coefficient (Wildman–Crippen LogP) is 4.68. The molecule has 1 aromatic carbocycles. The molecule has 0 radical (unpaired) electrons. The molecular formula is C26H26FN5O2S. The Labute approximate surface area is 207 Å². The Morgan fingerprint density at radius 1 is 1.11 bits per heavy atom. The fourth-order valence-corrected chi connectivity index (χ4v) is 5.10. The van der Waals surface area contributed by atoms with Crippen LogP contribution in [0.5, 0.6) is 0 Å². The second-order valence-electron chi connectivity index (χ2n) is 8.70. The van der Waals surface area contributed by atoms with Crippen LogP contribution in [0.1, 0.15) is 25.5 Å². The highest BCUT2D eigenvalue weighted by atomic mass is 32.2. The van der Waals surface area contributed by atoms with Crippen LogP contribution in [0.2, 0.25) is 0 Å². The third kappa shape index (κ3) is 5.06. The average molecular weight is 492 g/mol. The molecule has 2 aliphatic heterocycles. The van der Waals surface area contributed by atoms with Gasteiger partial charge in [0.05, 0.1) is 21.8 Å². The molecule has 180 valence electrons. The number of benzene rings is 1. The van der Waals surface area contributed by atoms with Crippen LogP contribution in [0.4, 0.5) is 14.9 Å². The molecule has 1 N–H and O–H groups in total. The fourth-order valence-electron chi connectivity index (χ4n) is 4.43. The summed E-state index contributed by atoms with van der Waals surface area (Å²) in [6, 6.07) is 8.90. The Morgan fingerprint density at radius 2 is 1.94 bits per heavy atom. The topological polar surface area (TPSA) is 78.4 Å². The molecule has 0 atom stereocenters. The first kappa shape index (κ1) is 23.4. The van der Waals surface area contributed by atoms with Crippen molar-refractivity contribution in [1.29, 1.82) is 0 Å². The summed E-state index contributed by atoms with van der Waals surface area (Å²) in [6.07, 6.45) is 7.33. The van der Waals surface area contributed by atoms with E-state index in [0.29, 0.717) is 32.9 Å². The minimum Gasteiger partial charge on any atom is -0.367 e. The second-order valence-corrected chi connectivity index (χ2v) is 9.71. The number of piperazine rings is 1. The number of fused-ring (bicyclic) bond motifs is 1. The van der Waals surface area contributed by atoms with Gasteiger partial charge in [-0.1, -0.05) is 19.4 Å². The molecule has 0 spiro atoms. The highest BCUT2D eigenvalue weighted by Gasteiger charge is 2.25. The summed E-state index contributed by atoms with van der Waals surface area (Å²) in [4.78, 5) is 37.2. The minimum absolute atomic E-state index is 0.266. The molecule has 2 aliphatic rings. The lowest BCUT2D eigenvalue weighted by Crippen LogP contribution is -2.46. The molecule has 2 fully saturated rings. The standard InChI is InChI=1S/C26H26FN5O2S/c1-2-3-8-31-9-11-32(12-10-31)22-7-5-17(13-21(22)27)20-16-28-15-18-4-6-19(29-24(18)20)14-23-25(33)30-26(34)35-23/h4-7,13-16H,2-3,8-12H2,1H3,(H,30,33,34). The molecule has 2 aromatic heterocycles. The smallest absolute Gasteiger partial charge is 0.290 e. The molecule has 0 unspecified atom stereocenters. The van der Waals surface area contributed by atoms with E-state index in [9.17, 15) is 9.59 Å². The van der Waals surface area contributed by atoms with Crippen LogP contribution in [-0.2, 0) is 4.79 Å². The van der Waals surface area contributed by atoms with Gasteiger partial charge in [-0.25, -0.2) is 9.37 Å². The van der Waals surface area contributed by atoms with Gasteiger partial charge in [0.2, 0.25) is 0 Å². The second kappa shape index (κ2) is 10.1. The maximum absolute atomic E-state index is 15.3. The van der Waals surface area contributed by atoms with Crippen LogP contribution < -0.4 is 10.2 Å². The molecule has 2 saturated heterocycles. The molecule has 0 bridgehead atoms. The maximum atomic E-state index is 15.3. The summed E-state index contributed by atoms with van der Waals surface area (Å²) in [5, 5.41) is 2.65. The van der Waals surface area contributed by atoms with Crippen LogP contribution in [0.15, 0.2) is 47.6 Å². The number of carbonyl (C=O) groups is 2. The monoisotopic (exact) mass is 491 g/mol. The van der Waals surface area contributed by atoms with Crippen molar-refractivity contribution < 1.29 is 14.0 Å². The lowest BCUT2D eigenvalue weighted by Gasteiger charge is -2.36. The van der Waals surface area contributed by atoms with Crippen molar-refractivity contribution in [2.75, 3.05) is 37.6 Å². The lowest BCUT2D eigenvalue weighted by molar-refractivity contribution is -0.115. The van der Waals surface area contributed by atoms with Crippen LogP contribution in [0.25, 0.3) is 28.1 Å². The van der Waals surface area contributed by atoms with E-state index < -0.39 is 11.1 Å². The molecule has 2 amide bonds. The van der Waals surface area contributed by atoms with Gasteiger partial charge in [0.25, 0.3) is 11.1 Å². The largest absolute Gasteiger partial charge is 0.367 e. The van der Waals surface area contributed by atoms with Gasteiger partial charge < -0.3 is 4.90 Å².